The van der Waals surface area contributed by atoms with Gasteiger partial charge in [0.15, 0.2) is 0 Å². The van der Waals surface area contributed by atoms with Gasteiger partial charge in [-0.3, -0.25) is 9.89 Å². The van der Waals surface area contributed by atoms with Crippen molar-refractivity contribution in [2.45, 2.75) is 6.54 Å². The van der Waals surface area contributed by atoms with Gasteiger partial charge in [-0.2, -0.15) is 5.10 Å². The van der Waals surface area contributed by atoms with Gasteiger partial charge in [0.2, 0.25) is 0 Å². The summed E-state index contributed by atoms with van der Waals surface area (Å²) in [5, 5.41) is 9.12. The number of aryl methyl sites for hydroxylation is 1. The number of aromatic nitrogens is 3. The lowest BCUT2D eigenvalue weighted by Crippen LogP contribution is -2.23. The van der Waals surface area contributed by atoms with Crippen LogP contribution in [0.15, 0.2) is 30.7 Å². The van der Waals surface area contributed by atoms with Crippen molar-refractivity contribution < 1.29 is 4.79 Å². The summed E-state index contributed by atoms with van der Waals surface area (Å²) in [7, 11) is 1.94. The molecule has 2 aromatic heterocycles. The molecular weight excluding hydrogens is 192 g/mol. The number of carbonyl (C=O) groups is 1. The molecule has 0 fully saturated rings. The normalized spacial score (nSPS) is 10.2. The number of aromatic amines is 1. The average Bonchev–Trinajstić information content (AvgIpc) is 2.85. The molecule has 0 spiro atoms. The number of amides is 1. The molecule has 5 nitrogen and oxygen atoms in total. The van der Waals surface area contributed by atoms with Gasteiger partial charge < -0.3 is 9.88 Å². The number of carbonyl (C=O) groups excluding carboxylic acids is 1. The summed E-state index contributed by atoms with van der Waals surface area (Å²) in [6.07, 6.45) is 5.01. The first-order valence-corrected chi connectivity index (χ1v) is 4.64. The third kappa shape index (κ3) is 2.07. The van der Waals surface area contributed by atoms with Gasteiger partial charge in [0, 0.05) is 25.1 Å². The van der Waals surface area contributed by atoms with Crippen LogP contribution < -0.4 is 5.32 Å². The topological polar surface area (TPSA) is 62.7 Å². The van der Waals surface area contributed by atoms with E-state index in [2.05, 4.69) is 15.5 Å². The van der Waals surface area contributed by atoms with E-state index >= 15 is 0 Å². The molecule has 0 unspecified atom stereocenters. The highest BCUT2D eigenvalue weighted by atomic mass is 16.1. The maximum Gasteiger partial charge on any atom is 0.254 e. The van der Waals surface area contributed by atoms with Gasteiger partial charge in [-0.25, -0.2) is 0 Å². The van der Waals surface area contributed by atoms with E-state index in [1.807, 2.05) is 29.9 Å². The van der Waals surface area contributed by atoms with Gasteiger partial charge in [-0.1, -0.05) is 0 Å². The van der Waals surface area contributed by atoms with Crippen LogP contribution in [0.4, 0.5) is 0 Å². The fourth-order valence-electron chi connectivity index (χ4n) is 1.33. The minimum absolute atomic E-state index is 0.120. The number of rotatable bonds is 3. The second-order valence-corrected chi connectivity index (χ2v) is 3.28. The lowest BCUT2D eigenvalue weighted by Gasteiger charge is -2.04. The summed E-state index contributed by atoms with van der Waals surface area (Å²) in [4.78, 5) is 11.5. The largest absolute Gasteiger partial charge is 0.353 e. The summed E-state index contributed by atoms with van der Waals surface area (Å²) in [6.45, 7) is 0.521. The van der Waals surface area contributed by atoms with Gasteiger partial charge in [-0.15, -0.1) is 0 Å². The lowest BCUT2D eigenvalue weighted by molar-refractivity contribution is 0.0950. The van der Waals surface area contributed by atoms with Crippen molar-refractivity contribution in [3.63, 3.8) is 0 Å². The highest BCUT2D eigenvalue weighted by Gasteiger charge is 2.06. The SMILES string of the molecule is Cn1cccc1CNC(=O)c1cn[nH]c1. The fourth-order valence-corrected chi connectivity index (χ4v) is 1.33. The molecule has 0 radical (unpaired) electrons. The molecular formula is C10H12N4O. The summed E-state index contributed by atoms with van der Waals surface area (Å²) in [6, 6.07) is 3.91. The summed E-state index contributed by atoms with van der Waals surface area (Å²) in [5.74, 6) is -0.120. The Hall–Kier alpha value is -2.04. The van der Waals surface area contributed by atoms with Crippen LogP contribution in [0.1, 0.15) is 16.1 Å². The van der Waals surface area contributed by atoms with Gasteiger partial charge >= 0.3 is 0 Å². The first-order chi connectivity index (χ1) is 7.27. The molecule has 0 atom stereocenters. The Labute approximate surface area is 87.1 Å². The maximum absolute atomic E-state index is 11.5. The quantitative estimate of drug-likeness (QED) is 0.772. The van der Waals surface area contributed by atoms with Gasteiger partial charge in [0.25, 0.3) is 5.91 Å². The Kier molecular flexibility index (Phi) is 2.53. The maximum atomic E-state index is 11.5. The highest BCUT2D eigenvalue weighted by Crippen LogP contribution is 2.00. The van der Waals surface area contributed by atoms with Crippen molar-refractivity contribution in [1.29, 1.82) is 0 Å². The predicted octanol–water partition coefficient (Wildman–Crippen LogP) is 0.678. The number of H-pyrrole nitrogens is 1. The van der Waals surface area contributed by atoms with E-state index in [9.17, 15) is 4.79 Å². The standard InChI is InChI=1S/C10H12N4O/c1-14-4-2-3-9(14)7-11-10(15)8-5-12-13-6-8/h2-6H,7H2,1H3,(H,11,15)(H,12,13). The van der Waals surface area contributed by atoms with Gasteiger partial charge in [-0.05, 0) is 12.1 Å². The molecule has 2 N–H and O–H groups in total. The van der Waals surface area contributed by atoms with Crippen LogP contribution in [0, 0.1) is 0 Å². The molecule has 0 aliphatic heterocycles. The Morgan fingerprint density at radius 1 is 1.67 bits per heavy atom. The highest BCUT2D eigenvalue weighted by molar-refractivity contribution is 5.93. The van der Waals surface area contributed by atoms with E-state index in [0.717, 1.165) is 5.69 Å². The summed E-state index contributed by atoms with van der Waals surface area (Å²) in [5.41, 5.74) is 1.61. The molecule has 0 aliphatic carbocycles. The van der Waals surface area contributed by atoms with E-state index in [-0.39, 0.29) is 5.91 Å². The summed E-state index contributed by atoms with van der Waals surface area (Å²) < 4.78 is 1.97. The van der Waals surface area contributed by atoms with Crippen LogP contribution in [0.2, 0.25) is 0 Å². The molecule has 0 aliphatic rings. The first kappa shape index (κ1) is 9.51. The third-order valence-corrected chi connectivity index (χ3v) is 2.24. The molecule has 78 valence electrons. The molecule has 2 heterocycles. The molecule has 0 saturated carbocycles. The molecule has 5 heteroatoms. The Morgan fingerprint density at radius 3 is 3.13 bits per heavy atom. The molecule has 0 bridgehead atoms. The number of hydrogen-bond donors (Lipinski definition) is 2. The van der Waals surface area contributed by atoms with Crippen LogP contribution in [-0.4, -0.2) is 20.7 Å². The van der Waals surface area contributed by atoms with Crippen molar-refractivity contribution in [2.75, 3.05) is 0 Å². The zero-order valence-electron chi connectivity index (χ0n) is 8.40. The third-order valence-electron chi connectivity index (χ3n) is 2.24. The fraction of sp³-hybridized carbons (Fsp3) is 0.200. The van der Waals surface area contributed by atoms with Gasteiger partial charge in [0.05, 0.1) is 18.3 Å². The second-order valence-electron chi connectivity index (χ2n) is 3.28. The minimum atomic E-state index is -0.120. The molecule has 1 amide bonds. The Bertz CT molecular complexity index is 444. The average molecular weight is 204 g/mol. The van der Waals surface area contributed by atoms with Crippen LogP contribution in [0.3, 0.4) is 0 Å². The predicted molar refractivity (Wildman–Crippen MR) is 55.2 cm³/mol. The molecule has 15 heavy (non-hydrogen) atoms. The van der Waals surface area contributed by atoms with E-state index in [0.29, 0.717) is 12.1 Å². The Balaban J connectivity index is 1.95. The van der Waals surface area contributed by atoms with Crippen molar-refractivity contribution >= 4 is 5.91 Å². The van der Waals surface area contributed by atoms with Crippen LogP contribution in [0.25, 0.3) is 0 Å². The van der Waals surface area contributed by atoms with E-state index < -0.39 is 0 Å². The van der Waals surface area contributed by atoms with Crippen molar-refractivity contribution in [1.82, 2.24) is 20.1 Å². The number of nitrogens with one attached hydrogen (secondary N) is 2. The smallest absolute Gasteiger partial charge is 0.254 e. The Morgan fingerprint density at radius 2 is 2.53 bits per heavy atom. The van der Waals surface area contributed by atoms with Crippen molar-refractivity contribution in [3.8, 4) is 0 Å². The van der Waals surface area contributed by atoms with Gasteiger partial charge in [0.1, 0.15) is 0 Å². The first-order valence-electron chi connectivity index (χ1n) is 4.64. The number of hydrogen-bond acceptors (Lipinski definition) is 2. The zero-order valence-corrected chi connectivity index (χ0v) is 8.40. The zero-order chi connectivity index (χ0) is 10.7. The molecule has 2 aromatic rings. The molecule has 0 aromatic carbocycles. The van der Waals surface area contributed by atoms with Crippen LogP contribution in [-0.2, 0) is 13.6 Å². The lowest BCUT2D eigenvalue weighted by atomic mass is 10.3. The second kappa shape index (κ2) is 4.00. The molecule has 0 saturated heterocycles. The monoisotopic (exact) mass is 204 g/mol. The van der Waals surface area contributed by atoms with Crippen molar-refractivity contribution in [2.24, 2.45) is 7.05 Å². The minimum Gasteiger partial charge on any atom is -0.353 e. The van der Waals surface area contributed by atoms with Crippen LogP contribution in [0.5, 0.6) is 0 Å². The van der Waals surface area contributed by atoms with Crippen LogP contribution >= 0.6 is 0 Å². The van der Waals surface area contributed by atoms with Crippen molar-refractivity contribution in [3.05, 3.63) is 42.0 Å². The van der Waals surface area contributed by atoms with E-state index in [1.165, 1.54) is 6.20 Å². The van der Waals surface area contributed by atoms with E-state index in [1.54, 1.807) is 6.20 Å². The van der Waals surface area contributed by atoms with E-state index in [4.69, 9.17) is 0 Å². The summed E-state index contributed by atoms with van der Waals surface area (Å²) >= 11 is 0. The number of nitrogens with zero attached hydrogens (tertiary/aromatic N) is 2. The molecule has 2 rings (SSSR count).